The minimum absolute atomic E-state index is 0.0580. The van der Waals surface area contributed by atoms with Gasteiger partial charge in [-0.15, -0.1) is 0 Å². The molecule has 2 aromatic heterocycles. The number of aromatic nitrogens is 3. The monoisotopic (exact) mass is 264 g/mol. The van der Waals surface area contributed by atoms with Crippen LogP contribution in [-0.2, 0) is 4.79 Å². The third-order valence-corrected chi connectivity index (χ3v) is 3.04. The van der Waals surface area contributed by atoms with E-state index >= 15 is 0 Å². The second-order valence-electron chi connectivity index (χ2n) is 4.42. The van der Waals surface area contributed by atoms with Gasteiger partial charge < -0.3 is 14.9 Å². The maximum absolute atomic E-state index is 10.7. The average molecular weight is 264 g/mol. The van der Waals surface area contributed by atoms with Crippen molar-refractivity contribution in [3.63, 3.8) is 0 Å². The summed E-state index contributed by atoms with van der Waals surface area (Å²) in [6.07, 6.45) is 2.32. The fourth-order valence-corrected chi connectivity index (χ4v) is 1.90. The number of carboxylic acids is 1. The number of carboxylic acid groups (broad SMARTS) is 1. The van der Waals surface area contributed by atoms with E-state index in [9.17, 15) is 4.79 Å². The number of nitrogens with zero attached hydrogens (tertiary/aromatic N) is 3. The molecule has 7 nitrogen and oxygen atoms in total. The molecule has 0 radical (unpaired) electrons. The molecule has 0 aliphatic rings. The highest BCUT2D eigenvalue weighted by Crippen LogP contribution is 2.22. The molecule has 0 saturated carbocycles. The summed E-state index contributed by atoms with van der Waals surface area (Å²) in [5, 5.41) is 16.6. The average Bonchev–Trinajstić information content (AvgIpc) is 2.76. The molecule has 19 heavy (non-hydrogen) atoms. The Morgan fingerprint density at radius 1 is 1.53 bits per heavy atom. The van der Waals surface area contributed by atoms with Crippen molar-refractivity contribution in [2.24, 2.45) is 5.92 Å². The maximum atomic E-state index is 10.7. The number of aliphatic carboxylic acids is 1. The van der Waals surface area contributed by atoms with Crippen LogP contribution in [0.5, 0.6) is 0 Å². The van der Waals surface area contributed by atoms with Gasteiger partial charge in [0.15, 0.2) is 0 Å². The first-order chi connectivity index (χ1) is 9.11. The topological polar surface area (TPSA) is 101 Å². The first-order valence-electron chi connectivity index (χ1n) is 6.14. The molecule has 1 unspecified atom stereocenters. The van der Waals surface area contributed by atoms with Crippen molar-refractivity contribution < 1.29 is 14.4 Å². The van der Waals surface area contributed by atoms with Gasteiger partial charge in [-0.1, -0.05) is 18.5 Å². The molecule has 0 aliphatic carbocycles. The van der Waals surface area contributed by atoms with Gasteiger partial charge in [-0.25, -0.2) is 4.98 Å². The van der Waals surface area contributed by atoms with Crippen LogP contribution in [0.3, 0.4) is 0 Å². The predicted molar refractivity (Wildman–Crippen MR) is 68.9 cm³/mol. The molecule has 0 aliphatic heterocycles. The molecular formula is C12H16N4O3. The van der Waals surface area contributed by atoms with Crippen LogP contribution in [0, 0.1) is 12.8 Å². The first-order valence-corrected chi connectivity index (χ1v) is 6.14. The van der Waals surface area contributed by atoms with Gasteiger partial charge in [0.1, 0.15) is 17.5 Å². The number of hydrogen-bond donors (Lipinski definition) is 2. The fraction of sp³-hybridized carbons (Fsp3) is 0.500. The van der Waals surface area contributed by atoms with Crippen LogP contribution in [0.25, 0.3) is 11.1 Å². The van der Waals surface area contributed by atoms with Gasteiger partial charge in [-0.3, -0.25) is 4.79 Å². The van der Waals surface area contributed by atoms with Crippen molar-refractivity contribution in [2.45, 2.75) is 26.7 Å². The van der Waals surface area contributed by atoms with Gasteiger partial charge in [-0.2, -0.15) is 4.98 Å². The highest BCUT2D eigenvalue weighted by Gasteiger charge is 2.15. The molecule has 0 aromatic carbocycles. The van der Waals surface area contributed by atoms with E-state index < -0.39 is 5.97 Å². The molecule has 7 heteroatoms. The number of fused-ring (bicyclic) bond motifs is 1. The van der Waals surface area contributed by atoms with Gasteiger partial charge in [0.2, 0.25) is 0 Å². The van der Waals surface area contributed by atoms with E-state index in [1.54, 1.807) is 0 Å². The third kappa shape index (κ3) is 2.98. The molecule has 102 valence electrons. The van der Waals surface area contributed by atoms with Gasteiger partial charge >= 0.3 is 5.97 Å². The number of rotatable bonds is 6. The Morgan fingerprint density at radius 3 is 3.00 bits per heavy atom. The smallest absolute Gasteiger partial charge is 0.303 e. The van der Waals surface area contributed by atoms with E-state index in [0.29, 0.717) is 23.8 Å². The zero-order valence-electron chi connectivity index (χ0n) is 10.9. The zero-order valence-corrected chi connectivity index (χ0v) is 10.9. The molecule has 0 bridgehead atoms. The van der Waals surface area contributed by atoms with E-state index in [4.69, 9.17) is 9.63 Å². The first kappa shape index (κ1) is 13.3. The lowest BCUT2D eigenvalue weighted by atomic mass is 10.0. The number of aryl methyl sites for hydroxylation is 1. The van der Waals surface area contributed by atoms with E-state index in [1.165, 1.54) is 6.33 Å². The van der Waals surface area contributed by atoms with Crippen LogP contribution in [0.1, 0.15) is 25.5 Å². The summed E-state index contributed by atoms with van der Waals surface area (Å²) in [6.45, 7) is 4.32. The second kappa shape index (κ2) is 5.64. The van der Waals surface area contributed by atoms with Crippen molar-refractivity contribution in [1.82, 2.24) is 15.1 Å². The number of anilines is 1. The van der Waals surface area contributed by atoms with Crippen molar-refractivity contribution in [3.8, 4) is 0 Å². The maximum Gasteiger partial charge on any atom is 0.303 e. The van der Waals surface area contributed by atoms with E-state index in [2.05, 4.69) is 20.4 Å². The van der Waals surface area contributed by atoms with Crippen LogP contribution >= 0.6 is 0 Å². The van der Waals surface area contributed by atoms with Crippen molar-refractivity contribution in [1.29, 1.82) is 0 Å². The standard InChI is InChI=1S/C12H16N4O3/c1-3-8(4-9(17)18)5-13-11-10-7(2)16-19-12(10)15-6-14-11/h6,8H,3-5H2,1-2H3,(H,17,18)(H,13,14,15). The lowest BCUT2D eigenvalue weighted by Gasteiger charge is -2.13. The lowest BCUT2D eigenvalue weighted by molar-refractivity contribution is -0.138. The van der Waals surface area contributed by atoms with Gasteiger partial charge in [0, 0.05) is 13.0 Å². The minimum Gasteiger partial charge on any atom is -0.481 e. The highest BCUT2D eigenvalue weighted by atomic mass is 16.5. The molecular weight excluding hydrogens is 248 g/mol. The molecule has 0 saturated heterocycles. The summed E-state index contributed by atoms with van der Waals surface area (Å²) in [5.41, 5.74) is 1.14. The normalized spacial score (nSPS) is 12.5. The van der Waals surface area contributed by atoms with Gasteiger partial charge in [0.05, 0.1) is 5.69 Å². The Bertz CT molecular complexity index is 581. The van der Waals surface area contributed by atoms with E-state index in [-0.39, 0.29) is 12.3 Å². The Hall–Kier alpha value is -2.18. The summed E-state index contributed by atoms with van der Waals surface area (Å²) in [6, 6.07) is 0. The van der Waals surface area contributed by atoms with Crippen LogP contribution in [0.4, 0.5) is 5.82 Å². The van der Waals surface area contributed by atoms with Crippen LogP contribution in [0.15, 0.2) is 10.9 Å². The molecule has 2 heterocycles. The summed E-state index contributed by atoms with van der Waals surface area (Å²) in [4.78, 5) is 18.9. The quantitative estimate of drug-likeness (QED) is 0.820. The molecule has 2 N–H and O–H groups in total. The summed E-state index contributed by atoms with van der Waals surface area (Å²) in [7, 11) is 0. The number of nitrogens with one attached hydrogen (secondary N) is 1. The Labute approximate surface area is 110 Å². The number of hydrogen-bond acceptors (Lipinski definition) is 6. The molecule has 0 spiro atoms. The lowest BCUT2D eigenvalue weighted by Crippen LogP contribution is -2.18. The molecule has 1 atom stereocenters. The fourth-order valence-electron chi connectivity index (χ4n) is 1.90. The SMILES string of the molecule is CCC(CNc1ncnc2onc(C)c12)CC(=O)O. The zero-order chi connectivity index (χ0) is 13.8. The molecule has 0 amide bonds. The largest absolute Gasteiger partial charge is 0.481 e. The third-order valence-electron chi connectivity index (χ3n) is 3.04. The van der Waals surface area contributed by atoms with Crippen molar-refractivity contribution >= 4 is 22.9 Å². The van der Waals surface area contributed by atoms with Gasteiger partial charge in [-0.05, 0) is 12.8 Å². The predicted octanol–water partition coefficient (Wildman–Crippen LogP) is 1.84. The Balaban J connectivity index is 2.13. The number of carbonyl (C=O) groups is 1. The molecule has 2 aromatic rings. The molecule has 2 rings (SSSR count). The van der Waals surface area contributed by atoms with E-state index in [0.717, 1.165) is 11.8 Å². The second-order valence-corrected chi connectivity index (χ2v) is 4.42. The van der Waals surface area contributed by atoms with Crippen molar-refractivity contribution in [3.05, 3.63) is 12.0 Å². The summed E-state index contributed by atoms with van der Waals surface area (Å²) < 4.78 is 5.05. The Morgan fingerprint density at radius 2 is 2.32 bits per heavy atom. The summed E-state index contributed by atoms with van der Waals surface area (Å²) >= 11 is 0. The van der Waals surface area contributed by atoms with E-state index in [1.807, 2.05) is 13.8 Å². The highest BCUT2D eigenvalue weighted by molar-refractivity contribution is 5.87. The van der Waals surface area contributed by atoms with Crippen LogP contribution in [-0.4, -0.2) is 32.7 Å². The van der Waals surface area contributed by atoms with Gasteiger partial charge in [0.25, 0.3) is 5.71 Å². The molecule has 0 fully saturated rings. The van der Waals surface area contributed by atoms with Crippen molar-refractivity contribution in [2.75, 3.05) is 11.9 Å². The minimum atomic E-state index is -0.789. The Kier molecular flexibility index (Phi) is 3.94. The van der Waals surface area contributed by atoms with Crippen LogP contribution < -0.4 is 5.32 Å². The van der Waals surface area contributed by atoms with Crippen LogP contribution in [0.2, 0.25) is 0 Å². The summed E-state index contributed by atoms with van der Waals surface area (Å²) in [5.74, 6) is -0.0992.